The molecule has 1 aliphatic rings. The first-order valence-electron chi connectivity index (χ1n) is 6.12. The van der Waals surface area contributed by atoms with Crippen LogP contribution < -0.4 is 5.73 Å². The van der Waals surface area contributed by atoms with E-state index in [0.717, 1.165) is 11.1 Å². The Morgan fingerprint density at radius 3 is 2.79 bits per heavy atom. The van der Waals surface area contributed by atoms with Gasteiger partial charge in [-0.2, -0.15) is 5.10 Å². The number of fused-ring (bicyclic) bond motifs is 1. The van der Waals surface area contributed by atoms with Gasteiger partial charge >= 0.3 is 0 Å². The lowest BCUT2D eigenvalue weighted by Gasteiger charge is -2.26. The first-order chi connectivity index (χ1) is 9.00. The highest BCUT2D eigenvalue weighted by Gasteiger charge is 2.32. The number of hydrogen-bond donors (Lipinski definition) is 1. The number of nitrogen functional groups attached to an aromatic ring is 1. The smallest absolute Gasteiger partial charge is 0.178 e. The van der Waals surface area contributed by atoms with Gasteiger partial charge in [0.25, 0.3) is 0 Å². The summed E-state index contributed by atoms with van der Waals surface area (Å²) in [7, 11) is -3.17. The molecule has 3 rings (SSSR count). The predicted octanol–water partition coefficient (Wildman–Crippen LogP) is 1.54. The highest BCUT2D eigenvalue weighted by Crippen LogP contribution is 2.35. The molecule has 1 unspecified atom stereocenters. The fraction of sp³-hybridized carbons (Fsp3) is 0.308. The van der Waals surface area contributed by atoms with Gasteiger partial charge < -0.3 is 5.73 Å². The topological polar surface area (TPSA) is 78.0 Å². The SMILES string of the molecule is Cc1cnn(C2CCS(=O)(=O)c3ccccc32)c1N. The highest BCUT2D eigenvalue weighted by atomic mass is 32.2. The summed E-state index contributed by atoms with van der Waals surface area (Å²) in [5.74, 6) is 0.728. The van der Waals surface area contributed by atoms with Crippen molar-refractivity contribution >= 4 is 15.7 Å². The van der Waals surface area contributed by atoms with Crippen LogP contribution in [0, 0.1) is 6.92 Å². The largest absolute Gasteiger partial charge is 0.384 e. The van der Waals surface area contributed by atoms with Crippen LogP contribution in [0.25, 0.3) is 0 Å². The van der Waals surface area contributed by atoms with Crippen LogP contribution in [-0.2, 0) is 9.84 Å². The van der Waals surface area contributed by atoms with E-state index in [-0.39, 0.29) is 11.8 Å². The zero-order valence-electron chi connectivity index (χ0n) is 10.6. The van der Waals surface area contributed by atoms with E-state index >= 15 is 0 Å². The van der Waals surface area contributed by atoms with Crippen LogP contribution in [0.2, 0.25) is 0 Å². The molecular formula is C13H15N3O2S. The summed E-state index contributed by atoms with van der Waals surface area (Å²) in [6, 6.07) is 6.99. The molecule has 0 amide bonds. The van der Waals surface area contributed by atoms with Gasteiger partial charge in [0.15, 0.2) is 9.84 Å². The second kappa shape index (κ2) is 4.09. The van der Waals surface area contributed by atoms with Crippen LogP contribution >= 0.6 is 0 Å². The van der Waals surface area contributed by atoms with Gasteiger partial charge in [-0.05, 0) is 25.0 Å². The third kappa shape index (κ3) is 1.83. The Morgan fingerprint density at radius 2 is 2.11 bits per heavy atom. The molecule has 0 aliphatic carbocycles. The summed E-state index contributed by atoms with van der Waals surface area (Å²) < 4.78 is 25.9. The van der Waals surface area contributed by atoms with Crippen molar-refractivity contribution in [3.63, 3.8) is 0 Å². The van der Waals surface area contributed by atoms with Crippen LogP contribution in [0.15, 0.2) is 35.4 Å². The minimum atomic E-state index is -3.17. The van der Waals surface area contributed by atoms with Crippen molar-refractivity contribution in [2.75, 3.05) is 11.5 Å². The average Bonchev–Trinajstić information content (AvgIpc) is 2.71. The first kappa shape index (κ1) is 12.2. The van der Waals surface area contributed by atoms with Gasteiger partial charge in [0, 0.05) is 5.56 Å². The van der Waals surface area contributed by atoms with Crippen molar-refractivity contribution in [1.82, 2.24) is 9.78 Å². The van der Waals surface area contributed by atoms with Crippen molar-refractivity contribution in [1.29, 1.82) is 0 Å². The molecule has 1 atom stereocenters. The molecule has 0 saturated heterocycles. The van der Waals surface area contributed by atoms with Crippen molar-refractivity contribution in [2.24, 2.45) is 0 Å². The molecule has 0 radical (unpaired) electrons. The first-order valence-corrected chi connectivity index (χ1v) is 7.77. The van der Waals surface area contributed by atoms with Gasteiger partial charge in [-0.15, -0.1) is 0 Å². The number of nitrogens with two attached hydrogens (primary N) is 1. The molecule has 100 valence electrons. The van der Waals surface area contributed by atoms with Crippen LogP contribution in [-0.4, -0.2) is 24.0 Å². The van der Waals surface area contributed by atoms with E-state index < -0.39 is 9.84 Å². The molecule has 0 fully saturated rings. The standard InChI is InChI=1S/C13H15N3O2S/c1-9-8-15-16(13(9)14)11-6-7-19(17,18)12-5-3-2-4-10(11)12/h2-5,8,11H,6-7,14H2,1H3. The van der Waals surface area contributed by atoms with Gasteiger partial charge in [0.05, 0.1) is 22.9 Å². The Labute approximate surface area is 112 Å². The zero-order valence-corrected chi connectivity index (χ0v) is 11.4. The number of anilines is 1. The van der Waals surface area contributed by atoms with E-state index in [1.54, 1.807) is 23.0 Å². The Kier molecular flexibility index (Phi) is 2.63. The van der Waals surface area contributed by atoms with Crippen molar-refractivity contribution in [2.45, 2.75) is 24.3 Å². The van der Waals surface area contributed by atoms with E-state index in [1.165, 1.54) is 0 Å². The maximum absolute atomic E-state index is 12.1. The summed E-state index contributed by atoms with van der Waals surface area (Å²) in [5.41, 5.74) is 7.70. The molecule has 1 aromatic carbocycles. The molecule has 0 bridgehead atoms. The molecule has 5 nitrogen and oxygen atoms in total. The van der Waals surface area contributed by atoms with Crippen LogP contribution in [0.3, 0.4) is 0 Å². The fourth-order valence-electron chi connectivity index (χ4n) is 2.53. The Balaban J connectivity index is 2.19. The fourth-order valence-corrected chi connectivity index (χ4v) is 4.13. The predicted molar refractivity (Wildman–Crippen MR) is 72.6 cm³/mol. The molecule has 0 saturated carbocycles. The van der Waals surface area contributed by atoms with Crippen molar-refractivity contribution in [3.8, 4) is 0 Å². The lowest BCUT2D eigenvalue weighted by Crippen LogP contribution is -2.25. The summed E-state index contributed by atoms with van der Waals surface area (Å²) in [6.45, 7) is 1.89. The number of hydrogen-bond acceptors (Lipinski definition) is 4. The van der Waals surface area contributed by atoms with E-state index in [4.69, 9.17) is 5.73 Å². The van der Waals surface area contributed by atoms with Gasteiger partial charge in [0.2, 0.25) is 0 Å². The monoisotopic (exact) mass is 277 g/mol. The second-order valence-electron chi connectivity index (χ2n) is 4.82. The summed E-state index contributed by atoms with van der Waals surface area (Å²) in [5, 5.41) is 4.28. The molecule has 1 aromatic heterocycles. The van der Waals surface area contributed by atoms with Gasteiger partial charge in [0.1, 0.15) is 5.82 Å². The van der Waals surface area contributed by atoms with Crippen molar-refractivity contribution < 1.29 is 8.42 Å². The Morgan fingerprint density at radius 1 is 1.37 bits per heavy atom. The van der Waals surface area contributed by atoms with Crippen molar-refractivity contribution in [3.05, 3.63) is 41.6 Å². The number of sulfone groups is 1. The number of nitrogens with zero attached hydrogens (tertiary/aromatic N) is 2. The molecule has 2 heterocycles. The average molecular weight is 277 g/mol. The Bertz CT molecular complexity index is 734. The van der Waals surface area contributed by atoms with Gasteiger partial charge in [-0.3, -0.25) is 0 Å². The van der Waals surface area contributed by atoms with Crippen LogP contribution in [0.1, 0.15) is 23.6 Å². The second-order valence-corrected chi connectivity index (χ2v) is 6.90. The lowest BCUT2D eigenvalue weighted by molar-refractivity contribution is 0.489. The lowest BCUT2D eigenvalue weighted by atomic mass is 10.0. The molecule has 2 N–H and O–H groups in total. The molecule has 0 spiro atoms. The molecule has 2 aromatic rings. The minimum Gasteiger partial charge on any atom is -0.384 e. The molecule has 6 heteroatoms. The maximum Gasteiger partial charge on any atom is 0.178 e. The summed E-state index contributed by atoms with van der Waals surface area (Å²) in [6.07, 6.45) is 2.21. The van der Waals surface area contributed by atoms with E-state index in [1.807, 2.05) is 19.1 Å². The molecule has 19 heavy (non-hydrogen) atoms. The summed E-state index contributed by atoms with van der Waals surface area (Å²) in [4.78, 5) is 0.402. The quantitative estimate of drug-likeness (QED) is 0.857. The number of benzene rings is 1. The van der Waals surface area contributed by atoms with Gasteiger partial charge in [-0.25, -0.2) is 13.1 Å². The van der Waals surface area contributed by atoms with E-state index in [2.05, 4.69) is 5.10 Å². The van der Waals surface area contributed by atoms with Crippen LogP contribution in [0.4, 0.5) is 5.82 Å². The zero-order chi connectivity index (χ0) is 13.6. The van der Waals surface area contributed by atoms with E-state index in [9.17, 15) is 8.42 Å². The third-order valence-corrected chi connectivity index (χ3v) is 5.41. The number of rotatable bonds is 1. The molecular weight excluding hydrogens is 262 g/mol. The summed E-state index contributed by atoms with van der Waals surface area (Å²) >= 11 is 0. The normalized spacial score (nSPS) is 21.0. The van der Waals surface area contributed by atoms with Gasteiger partial charge in [-0.1, -0.05) is 18.2 Å². The van der Waals surface area contributed by atoms with Crippen LogP contribution in [0.5, 0.6) is 0 Å². The highest BCUT2D eigenvalue weighted by molar-refractivity contribution is 7.91. The molecule has 1 aliphatic heterocycles. The number of aryl methyl sites for hydroxylation is 1. The maximum atomic E-state index is 12.1. The Hall–Kier alpha value is -1.82. The number of aromatic nitrogens is 2. The van der Waals surface area contributed by atoms with E-state index in [0.29, 0.717) is 17.1 Å². The minimum absolute atomic E-state index is 0.103. The third-order valence-electron chi connectivity index (χ3n) is 3.59.